The first-order valence-electron chi connectivity index (χ1n) is 8.53. The van der Waals surface area contributed by atoms with Gasteiger partial charge in [0, 0.05) is 23.0 Å². The van der Waals surface area contributed by atoms with Crippen molar-refractivity contribution in [3.05, 3.63) is 82.5 Å². The molecule has 3 aromatic rings. The maximum Gasteiger partial charge on any atom is 0.261 e. The van der Waals surface area contributed by atoms with E-state index in [1.54, 1.807) is 30.3 Å². The monoisotopic (exact) mass is 379 g/mol. The summed E-state index contributed by atoms with van der Waals surface area (Å²) < 4.78 is 5.21. The lowest BCUT2D eigenvalue weighted by molar-refractivity contribution is 0.0992. The van der Waals surface area contributed by atoms with Crippen molar-refractivity contribution >= 4 is 29.0 Å². The largest absolute Gasteiger partial charge is 0.495 e. The molecule has 1 atom stereocenters. The molecule has 1 aliphatic heterocycles. The van der Waals surface area contributed by atoms with Crippen molar-refractivity contribution in [2.45, 2.75) is 13.1 Å². The van der Waals surface area contributed by atoms with Crippen LogP contribution in [0.2, 0.25) is 5.02 Å². The third kappa shape index (κ3) is 3.11. The standard InChI is InChI=1S/C21H18ClN3O2/c1-13-7-10-19(23-12-13)25-20(15-5-3-4-6-16(15)21(25)26)24-14-8-9-18(27-2)17(22)11-14/h3-12,20,24H,1-2H3/t20-/m0/s1. The lowest BCUT2D eigenvalue weighted by Crippen LogP contribution is -2.32. The molecule has 2 aromatic carbocycles. The number of hydrogen-bond donors (Lipinski definition) is 1. The number of fused-ring (bicyclic) bond motifs is 1. The SMILES string of the molecule is COc1ccc(N[C@@H]2c3ccccc3C(=O)N2c2ccc(C)cn2)cc1Cl. The minimum absolute atomic E-state index is 0.0842. The van der Waals surface area contributed by atoms with E-state index in [0.717, 1.165) is 16.8 Å². The number of rotatable bonds is 4. The molecule has 0 unspecified atom stereocenters. The van der Waals surface area contributed by atoms with Gasteiger partial charge in [-0.25, -0.2) is 4.98 Å². The fraction of sp³-hybridized carbons (Fsp3) is 0.143. The Morgan fingerprint density at radius 1 is 1.15 bits per heavy atom. The van der Waals surface area contributed by atoms with E-state index in [1.807, 2.05) is 49.4 Å². The van der Waals surface area contributed by atoms with Crippen molar-refractivity contribution in [1.82, 2.24) is 4.98 Å². The third-order valence-electron chi connectivity index (χ3n) is 4.56. The zero-order chi connectivity index (χ0) is 19.0. The molecule has 2 heterocycles. The quantitative estimate of drug-likeness (QED) is 0.705. The third-order valence-corrected chi connectivity index (χ3v) is 4.86. The molecule has 1 N–H and O–H groups in total. The number of ether oxygens (including phenoxy) is 1. The molecular formula is C21H18ClN3O2. The molecule has 136 valence electrons. The summed E-state index contributed by atoms with van der Waals surface area (Å²) in [6, 6.07) is 16.8. The van der Waals surface area contributed by atoms with Crippen LogP contribution in [0, 0.1) is 6.92 Å². The van der Waals surface area contributed by atoms with Crippen LogP contribution in [0.25, 0.3) is 0 Å². The van der Waals surface area contributed by atoms with Crippen molar-refractivity contribution in [1.29, 1.82) is 0 Å². The summed E-state index contributed by atoms with van der Waals surface area (Å²) in [5.74, 6) is 1.11. The smallest absolute Gasteiger partial charge is 0.261 e. The summed E-state index contributed by atoms with van der Waals surface area (Å²) >= 11 is 6.26. The molecule has 27 heavy (non-hydrogen) atoms. The van der Waals surface area contributed by atoms with E-state index in [0.29, 0.717) is 22.2 Å². The predicted molar refractivity (Wildman–Crippen MR) is 107 cm³/mol. The van der Waals surface area contributed by atoms with Crippen molar-refractivity contribution in [2.75, 3.05) is 17.3 Å². The first-order chi connectivity index (χ1) is 13.1. The van der Waals surface area contributed by atoms with Crippen LogP contribution in [0.1, 0.15) is 27.7 Å². The second-order valence-electron chi connectivity index (χ2n) is 6.35. The minimum Gasteiger partial charge on any atom is -0.495 e. The zero-order valence-electron chi connectivity index (χ0n) is 14.9. The first kappa shape index (κ1) is 17.4. The van der Waals surface area contributed by atoms with Crippen molar-refractivity contribution in [3.8, 4) is 5.75 Å². The van der Waals surface area contributed by atoms with Gasteiger partial charge in [0.05, 0.1) is 12.1 Å². The molecule has 1 aliphatic rings. The Morgan fingerprint density at radius 3 is 2.67 bits per heavy atom. The molecule has 5 nitrogen and oxygen atoms in total. The Labute approximate surface area is 162 Å². The fourth-order valence-electron chi connectivity index (χ4n) is 3.21. The molecule has 4 rings (SSSR count). The Kier molecular flexibility index (Phi) is 4.46. The Hall–Kier alpha value is -3.05. The lowest BCUT2D eigenvalue weighted by atomic mass is 10.1. The van der Waals surface area contributed by atoms with Crippen LogP contribution in [-0.2, 0) is 0 Å². The van der Waals surface area contributed by atoms with Crippen LogP contribution >= 0.6 is 11.6 Å². The minimum atomic E-state index is -0.381. The van der Waals surface area contributed by atoms with Crippen molar-refractivity contribution in [2.24, 2.45) is 0 Å². The van der Waals surface area contributed by atoms with Gasteiger partial charge in [0.25, 0.3) is 5.91 Å². The second kappa shape index (κ2) is 6.93. The van der Waals surface area contributed by atoms with Gasteiger partial charge in [-0.05, 0) is 42.8 Å². The number of carbonyl (C=O) groups is 1. The number of hydrogen-bond acceptors (Lipinski definition) is 4. The summed E-state index contributed by atoms with van der Waals surface area (Å²) in [6.45, 7) is 1.96. The number of methoxy groups -OCH3 is 1. The van der Waals surface area contributed by atoms with E-state index in [1.165, 1.54) is 0 Å². The van der Waals surface area contributed by atoms with Gasteiger partial charge >= 0.3 is 0 Å². The van der Waals surface area contributed by atoms with Gasteiger partial charge in [0.1, 0.15) is 17.7 Å². The number of anilines is 2. The van der Waals surface area contributed by atoms with Gasteiger partial charge in [-0.2, -0.15) is 0 Å². The highest BCUT2D eigenvalue weighted by atomic mass is 35.5. The number of pyridine rings is 1. The molecule has 0 saturated carbocycles. The summed E-state index contributed by atoms with van der Waals surface area (Å²) in [5.41, 5.74) is 3.38. The van der Waals surface area contributed by atoms with E-state index < -0.39 is 0 Å². The van der Waals surface area contributed by atoms with Gasteiger partial charge < -0.3 is 10.1 Å². The van der Waals surface area contributed by atoms with Gasteiger partial charge in [-0.15, -0.1) is 0 Å². The highest BCUT2D eigenvalue weighted by Crippen LogP contribution is 2.38. The molecule has 0 radical (unpaired) electrons. The molecule has 6 heteroatoms. The Morgan fingerprint density at radius 2 is 1.96 bits per heavy atom. The van der Waals surface area contributed by atoms with Crippen LogP contribution in [-0.4, -0.2) is 18.0 Å². The summed E-state index contributed by atoms with van der Waals surface area (Å²) in [6.07, 6.45) is 1.38. The highest BCUT2D eigenvalue weighted by Gasteiger charge is 2.38. The second-order valence-corrected chi connectivity index (χ2v) is 6.76. The van der Waals surface area contributed by atoms with Gasteiger partial charge in [0.15, 0.2) is 0 Å². The van der Waals surface area contributed by atoms with Crippen LogP contribution in [0.15, 0.2) is 60.8 Å². The van der Waals surface area contributed by atoms with E-state index in [4.69, 9.17) is 16.3 Å². The van der Waals surface area contributed by atoms with E-state index >= 15 is 0 Å². The maximum absolute atomic E-state index is 13.0. The first-order valence-corrected chi connectivity index (χ1v) is 8.91. The number of halogens is 1. The number of carbonyl (C=O) groups excluding carboxylic acids is 1. The normalized spacial score (nSPS) is 15.6. The zero-order valence-corrected chi connectivity index (χ0v) is 15.7. The fourth-order valence-corrected chi connectivity index (χ4v) is 3.47. The van der Waals surface area contributed by atoms with Crippen LogP contribution < -0.4 is 15.0 Å². The maximum atomic E-state index is 13.0. The summed E-state index contributed by atoms with van der Waals surface area (Å²) in [5, 5.41) is 3.91. The average molecular weight is 380 g/mol. The van der Waals surface area contributed by atoms with E-state index in [-0.39, 0.29) is 12.1 Å². The molecule has 0 saturated heterocycles. The van der Waals surface area contributed by atoms with Crippen molar-refractivity contribution in [3.63, 3.8) is 0 Å². The topological polar surface area (TPSA) is 54.5 Å². The number of aromatic nitrogens is 1. The molecule has 1 amide bonds. The lowest BCUT2D eigenvalue weighted by Gasteiger charge is -2.26. The van der Waals surface area contributed by atoms with Gasteiger partial charge in [-0.1, -0.05) is 35.9 Å². The average Bonchev–Trinajstić information content (AvgIpc) is 2.95. The van der Waals surface area contributed by atoms with Crippen LogP contribution in [0.4, 0.5) is 11.5 Å². The molecule has 0 spiro atoms. The predicted octanol–water partition coefficient (Wildman–Crippen LogP) is 4.82. The van der Waals surface area contributed by atoms with Crippen LogP contribution in [0.5, 0.6) is 5.75 Å². The number of amides is 1. The highest BCUT2D eigenvalue weighted by molar-refractivity contribution is 6.32. The molecule has 1 aromatic heterocycles. The molecule has 0 bridgehead atoms. The molecular weight excluding hydrogens is 362 g/mol. The van der Waals surface area contributed by atoms with E-state index in [2.05, 4.69) is 10.3 Å². The van der Waals surface area contributed by atoms with Crippen molar-refractivity contribution < 1.29 is 9.53 Å². The summed E-state index contributed by atoms with van der Waals surface area (Å²) in [4.78, 5) is 19.2. The van der Waals surface area contributed by atoms with Gasteiger partial charge in [0.2, 0.25) is 0 Å². The number of nitrogens with one attached hydrogen (secondary N) is 1. The molecule has 0 aliphatic carbocycles. The van der Waals surface area contributed by atoms with Gasteiger partial charge in [-0.3, -0.25) is 9.69 Å². The molecule has 0 fully saturated rings. The van der Waals surface area contributed by atoms with E-state index in [9.17, 15) is 4.79 Å². The summed E-state index contributed by atoms with van der Waals surface area (Å²) in [7, 11) is 1.57. The number of benzene rings is 2. The Bertz CT molecular complexity index is 1000. The number of nitrogens with zero attached hydrogens (tertiary/aromatic N) is 2. The number of aryl methyl sites for hydroxylation is 1. The van der Waals surface area contributed by atoms with Crippen LogP contribution in [0.3, 0.4) is 0 Å². The Balaban J connectivity index is 1.75.